The van der Waals surface area contributed by atoms with Crippen molar-refractivity contribution >= 4 is 11.4 Å². The van der Waals surface area contributed by atoms with Crippen molar-refractivity contribution < 1.29 is 0 Å². The van der Waals surface area contributed by atoms with Crippen molar-refractivity contribution in [3.63, 3.8) is 0 Å². The van der Waals surface area contributed by atoms with E-state index in [1.807, 2.05) is 60.7 Å². The molecule has 0 saturated heterocycles. The number of nitrogens with zero attached hydrogens (tertiary/aromatic N) is 1. The lowest BCUT2D eigenvalue weighted by molar-refractivity contribution is 1.20. The van der Waals surface area contributed by atoms with Gasteiger partial charge in [0.1, 0.15) is 0 Å². The minimum atomic E-state index is 1.03. The van der Waals surface area contributed by atoms with Crippen LogP contribution in [0.25, 0.3) is 0 Å². The molecule has 0 spiro atoms. The zero-order valence-electron chi connectivity index (χ0n) is 12.5. The van der Waals surface area contributed by atoms with Gasteiger partial charge in [-0.25, -0.2) is 0 Å². The molecule has 0 aliphatic rings. The fourth-order valence-electron chi connectivity index (χ4n) is 2.32. The summed E-state index contributed by atoms with van der Waals surface area (Å²) in [6, 6.07) is 28.6. The predicted octanol–water partition coefficient (Wildman–Crippen LogP) is 4.85. The van der Waals surface area contributed by atoms with Crippen LogP contribution in [-0.2, 0) is 0 Å². The van der Waals surface area contributed by atoms with Crippen LogP contribution in [0.15, 0.2) is 84.9 Å². The highest BCUT2D eigenvalue weighted by atomic mass is 15.1. The molecule has 3 aromatic carbocycles. The number of para-hydroxylation sites is 2. The van der Waals surface area contributed by atoms with Gasteiger partial charge in [-0.3, -0.25) is 0 Å². The largest absolute Gasteiger partial charge is 0.344 e. The summed E-state index contributed by atoms with van der Waals surface area (Å²) < 4.78 is 0. The van der Waals surface area contributed by atoms with Crippen LogP contribution in [0.5, 0.6) is 0 Å². The molecule has 0 aliphatic heterocycles. The molecule has 0 aromatic heterocycles. The lowest BCUT2D eigenvalue weighted by atomic mass is 10.1. The Morgan fingerprint density at radius 1 is 0.636 bits per heavy atom. The van der Waals surface area contributed by atoms with Gasteiger partial charge in [0.25, 0.3) is 0 Å². The van der Waals surface area contributed by atoms with Crippen LogP contribution in [-0.4, -0.2) is 7.05 Å². The van der Waals surface area contributed by atoms with Crippen molar-refractivity contribution in [2.24, 2.45) is 0 Å². The normalized spacial score (nSPS) is 9.68. The highest BCUT2D eigenvalue weighted by Crippen LogP contribution is 2.26. The predicted molar refractivity (Wildman–Crippen MR) is 93.4 cm³/mol. The molecule has 0 radical (unpaired) electrons. The minimum absolute atomic E-state index is 1.03. The third kappa shape index (κ3) is 3.19. The molecule has 0 aliphatic carbocycles. The van der Waals surface area contributed by atoms with Crippen LogP contribution in [0.1, 0.15) is 11.1 Å². The van der Waals surface area contributed by atoms with Crippen LogP contribution in [0, 0.1) is 11.8 Å². The van der Waals surface area contributed by atoms with E-state index in [-0.39, 0.29) is 0 Å². The Morgan fingerprint density at radius 3 is 1.95 bits per heavy atom. The van der Waals surface area contributed by atoms with Crippen molar-refractivity contribution in [2.45, 2.75) is 0 Å². The first kappa shape index (κ1) is 14.0. The fraction of sp³-hybridized carbons (Fsp3) is 0.0476. The Morgan fingerprint density at radius 2 is 1.23 bits per heavy atom. The van der Waals surface area contributed by atoms with Crippen LogP contribution in [0.4, 0.5) is 11.4 Å². The molecule has 0 saturated carbocycles. The van der Waals surface area contributed by atoms with E-state index < -0.39 is 0 Å². The fourth-order valence-corrected chi connectivity index (χ4v) is 2.32. The Labute approximate surface area is 131 Å². The highest BCUT2D eigenvalue weighted by Gasteiger charge is 2.06. The van der Waals surface area contributed by atoms with E-state index >= 15 is 0 Å². The van der Waals surface area contributed by atoms with Crippen LogP contribution < -0.4 is 4.90 Å². The molecule has 0 atom stereocenters. The molecule has 0 amide bonds. The second-order valence-corrected chi connectivity index (χ2v) is 5.03. The van der Waals surface area contributed by atoms with Crippen LogP contribution >= 0.6 is 0 Å². The van der Waals surface area contributed by atoms with Crippen molar-refractivity contribution in [3.8, 4) is 11.8 Å². The number of anilines is 2. The quantitative estimate of drug-likeness (QED) is 0.607. The maximum absolute atomic E-state index is 3.29. The van der Waals surface area contributed by atoms with Gasteiger partial charge in [0.2, 0.25) is 0 Å². The van der Waals surface area contributed by atoms with Gasteiger partial charge >= 0.3 is 0 Å². The lowest BCUT2D eigenvalue weighted by Crippen LogP contribution is -2.10. The van der Waals surface area contributed by atoms with Gasteiger partial charge in [-0.2, -0.15) is 0 Å². The molecule has 0 fully saturated rings. The smallest absolute Gasteiger partial charge is 0.0567 e. The van der Waals surface area contributed by atoms with Crippen molar-refractivity contribution in [2.75, 3.05) is 11.9 Å². The summed E-state index contributed by atoms with van der Waals surface area (Å²) in [5.41, 5.74) is 4.31. The summed E-state index contributed by atoms with van der Waals surface area (Å²) in [6.45, 7) is 0. The molecule has 1 heteroatoms. The van der Waals surface area contributed by atoms with Crippen LogP contribution in [0.3, 0.4) is 0 Å². The first-order valence-electron chi connectivity index (χ1n) is 7.29. The SMILES string of the molecule is CN(c1ccccc1)c1ccccc1C#Cc1ccccc1. The second-order valence-electron chi connectivity index (χ2n) is 5.03. The van der Waals surface area contributed by atoms with E-state index in [0.717, 1.165) is 22.5 Å². The average molecular weight is 283 g/mol. The van der Waals surface area contributed by atoms with E-state index in [1.165, 1.54) is 0 Å². The van der Waals surface area contributed by atoms with Gasteiger partial charge in [-0.1, -0.05) is 60.4 Å². The first-order valence-corrected chi connectivity index (χ1v) is 7.29. The molecular formula is C21H17N. The Hall–Kier alpha value is -2.98. The summed E-state index contributed by atoms with van der Waals surface area (Å²) in [5, 5.41) is 0. The summed E-state index contributed by atoms with van der Waals surface area (Å²) in [4.78, 5) is 2.16. The Balaban J connectivity index is 1.96. The maximum Gasteiger partial charge on any atom is 0.0567 e. The van der Waals surface area contributed by atoms with Gasteiger partial charge in [0, 0.05) is 23.9 Å². The molecule has 0 heterocycles. The Bertz CT molecular complexity index is 795. The standard InChI is InChI=1S/C21H17N/c1-22(20-13-6-3-7-14-20)21-15-9-8-12-19(21)17-16-18-10-4-2-5-11-18/h2-15H,1H3. The minimum Gasteiger partial charge on any atom is -0.344 e. The van der Waals surface area contributed by atoms with E-state index in [0.29, 0.717) is 0 Å². The van der Waals surface area contributed by atoms with Gasteiger partial charge < -0.3 is 4.90 Å². The third-order valence-electron chi connectivity index (χ3n) is 3.52. The van der Waals surface area contributed by atoms with E-state index in [2.05, 4.69) is 48.1 Å². The van der Waals surface area contributed by atoms with E-state index in [1.54, 1.807) is 0 Å². The van der Waals surface area contributed by atoms with Gasteiger partial charge in [-0.15, -0.1) is 0 Å². The number of hydrogen-bond donors (Lipinski definition) is 0. The highest BCUT2D eigenvalue weighted by molar-refractivity contribution is 5.69. The zero-order valence-corrected chi connectivity index (χ0v) is 12.5. The molecule has 0 bridgehead atoms. The second kappa shape index (κ2) is 6.65. The topological polar surface area (TPSA) is 3.24 Å². The maximum atomic E-state index is 3.29. The summed E-state index contributed by atoms with van der Waals surface area (Å²) >= 11 is 0. The molecular weight excluding hydrogens is 266 g/mol. The Kier molecular flexibility index (Phi) is 4.22. The lowest BCUT2D eigenvalue weighted by Gasteiger charge is -2.20. The zero-order chi connectivity index (χ0) is 15.2. The third-order valence-corrected chi connectivity index (χ3v) is 3.52. The number of rotatable bonds is 2. The molecule has 3 aromatic rings. The first-order chi connectivity index (χ1) is 10.8. The van der Waals surface area contributed by atoms with Gasteiger partial charge in [0.15, 0.2) is 0 Å². The van der Waals surface area contributed by atoms with E-state index in [9.17, 15) is 0 Å². The monoisotopic (exact) mass is 283 g/mol. The van der Waals surface area contributed by atoms with Gasteiger partial charge in [0.05, 0.1) is 5.69 Å². The van der Waals surface area contributed by atoms with Crippen molar-refractivity contribution in [3.05, 3.63) is 96.1 Å². The molecule has 106 valence electrons. The molecule has 1 nitrogen and oxygen atoms in total. The molecule has 3 rings (SSSR count). The molecule has 22 heavy (non-hydrogen) atoms. The summed E-state index contributed by atoms with van der Waals surface area (Å²) in [7, 11) is 2.07. The number of hydrogen-bond acceptors (Lipinski definition) is 1. The van der Waals surface area contributed by atoms with Gasteiger partial charge in [-0.05, 0) is 36.4 Å². The van der Waals surface area contributed by atoms with Crippen molar-refractivity contribution in [1.29, 1.82) is 0 Å². The van der Waals surface area contributed by atoms with Crippen molar-refractivity contribution in [1.82, 2.24) is 0 Å². The van der Waals surface area contributed by atoms with E-state index in [4.69, 9.17) is 0 Å². The molecule has 0 N–H and O–H groups in total. The number of benzene rings is 3. The summed E-state index contributed by atoms with van der Waals surface area (Å²) in [5.74, 6) is 6.52. The summed E-state index contributed by atoms with van der Waals surface area (Å²) in [6.07, 6.45) is 0. The van der Waals surface area contributed by atoms with Crippen LogP contribution in [0.2, 0.25) is 0 Å². The average Bonchev–Trinajstić information content (AvgIpc) is 2.61. The molecule has 0 unspecified atom stereocenters.